The lowest BCUT2D eigenvalue weighted by Crippen LogP contribution is -2.49. The molecule has 0 heterocycles. The Morgan fingerprint density at radius 2 is 1.68 bits per heavy atom. The van der Waals surface area contributed by atoms with E-state index in [1.807, 2.05) is 38.1 Å². The zero-order chi connectivity index (χ0) is 27.4. The molecule has 0 saturated carbocycles. The average Bonchev–Trinajstić information content (AvgIpc) is 2.89. The number of anilines is 1. The van der Waals surface area contributed by atoms with Gasteiger partial charge in [0, 0.05) is 32.1 Å². The summed E-state index contributed by atoms with van der Waals surface area (Å²) in [5.41, 5.74) is 1.33. The molecule has 2 amide bonds. The lowest BCUT2D eigenvalue weighted by molar-refractivity contribution is -0.141. The molecule has 9 nitrogen and oxygen atoms in total. The van der Waals surface area contributed by atoms with Crippen molar-refractivity contribution < 1.29 is 27.5 Å². The lowest BCUT2D eigenvalue weighted by Gasteiger charge is -2.31. The fourth-order valence-corrected chi connectivity index (χ4v) is 4.94. The highest BCUT2D eigenvalue weighted by molar-refractivity contribution is 7.92. The molecule has 0 radical (unpaired) electrons. The molecular formula is C27H39N3O6S. The van der Waals surface area contributed by atoms with E-state index in [9.17, 15) is 18.0 Å². The first-order chi connectivity index (χ1) is 17.6. The molecule has 0 fully saturated rings. The maximum absolute atomic E-state index is 13.5. The smallest absolute Gasteiger partial charge is 0.242 e. The molecule has 10 heteroatoms. The first-order valence-corrected chi connectivity index (χ1v) is 14.3. The number of nitrogens with zero attached hydrogens (tertiary/aromatic N) is 2. The second-order valence-corrected chi connectivity index (χ2v) is 10.6. The van der Waals surface area contributed by atoms with Gasteiger partial charge in [-0.2, -0.15) is 0 Å². The summed E-state index contributed by atoms with van der Waals surface area (Å²) >= 11 is 0. The summed E-state index contributed by atoms with van der Waals surface area (Å²) < 4.78 is 36.7. The van der Waals surface area contributed by atoms with Gasteiger partial charge in [-0.1, -0.05) is 32.0 Å². The molecule has 1 atom stereocenters. The van der Waals surface area contributed by atoms with E-state index in [2.05, 4.69) is 5.32 Å². The van der Waals surface area contributed by atoms with Crippen LogP contribution in [0.25, 0.3) is 0 Å². The highest BCUT2D eigenvalue weighted by Crippen LogP contribution is 2.24. The minimum Gasteiger partial charge on any atom is -0.497 e. The van der Waals surface area contributed by atoms with Crippen molar-refractivity contribution in [3.05, 3.63) is 54.1 Å². The number of ether oxygens (including phenoxy) is 2. The van der Waals surface area contributed by atoms with Crippen molar-refractivity contribution in [1.29, 1.82) is 0 Å². The van der Waals surface area contributed by atoms with Crippen molar-refractivity contribution in [2.75, 3.05) is 37.9 Å². The van der Waals surface area contributed by atoms with Gasteiger partial charge in [-0.15, -0.1) is 0 Å². The van der Waals surface area contributed by atoms with Crippen LogP contribution < -0.4 is 19.1 Å². The number of amides is 2. The van der Waals surface area contributed by atoms with Gasteiger partial charge in [-0.05, 0) is 49.1 Å². The molecule has 37 heavy (non-hydrogen) atoms. The topological polar surface area (TPSA) is 105 Å². The van der Waals surface area contributed by atoms with E-state index < -0.39 is 16.1 Å². The number of carbonyl (C=O) groups is 2. The van der Waals surface area contributed by atoms with E-state index in [0.29, 0.717) is 30.2 Å². The number of methoxy groups -OCH3 is 2. The van der Waals surface area contributed by atoms with Crippen molar-refractivity contribution in [1.82, 2.24) is 10.2 Å². The van der Waals surface area contributed by atoms with Gasteiger partial charge in [0.15, 0.2) is 0 Å². The molecular weight excluding hydrogens is 494 g/mol. The molecule has 0 aliphatic carbocycles. The van der Waals surface area contributed by atoms with Gasteiger partial charge in [-0.25, -0.2) is 8.42 Å². The molecule has 2 aromatic rings. The summed E-state index contributed by atoms with van der Waals surface area (Å²) in [6.45, 7) is 4.75. The molecule has 0 aliphatic heterocycles. The summed E-state index contributed by atoms with van der Waals surface area (Å²) in [5.74, 6) is 0.832. The third kappa shape index (κ3) is 8.96. The number of nitrogens with one attached hydrogen (secondary N) is 1. The zero-order valence-electron chi connectivity index (χ0n) is 22.4. The molecule has 1 unspecified atom stereocenters. The van der Waals surface area contributed by atoms with Gasteiger partial charge in [0.05, 0.1) is 26.2 Å². The van der Waals surface area contributed by atoms with Crippen molar-refractivity contribution in [2.45, 2.75) is 52.1 Å². The van der Waals surface area contributed by atoms with Crippen LogP contribution in [0.2, 0.25) is 0 Å². The predicted molar refractivity (Wildman–Crippen MR) is 145 cm³/mol. The summed E-state index contributed by atoms with van der Waals surface area (Å²) in [5, 5.41) is 2.90. The third-order valence-electron chi connectivity index (χ3n) is 5.94. The zero-order valence-corrected chi connectivity index (χ0v) is 23.2. The Morgan fingerprint density at radius 3 is 2.24 bits per heavy atom. The number of carbonyl (C=O) groups excluding carboxylic acids is 2. The molecule has 0 aromatic heterocycles. The number of hydrogen-bond acceptors (Lipinski definition) is 6. The van der Waals surface area contributed by atoms with E-state index in [4.69, 9.17) is 9.47 Å². The Hall–Kier alpha value is -3.27. The van der Waals surface area contributed by atoms with Gasteiger partial charge < -0.3 is 19.7 Å². The molecule has 0 bridgehead atoms. The highest BCUT2D eigenvalue weighted by Gasteiger charge is 2.28. The van der Waals surface area contributed by atoms with E-state index >= 15 is 0 Å². The molecule has 0 spiro atoms. The summed E-state index contributed by atoms with van der Waals surface area (Å²) in [4.78, 5) is 27.9. The average molecular weight is 534 g/mol. The second kappa shape index (κ2) is 14.5. The molecule has 2 aromatic carbocycles. The van der Waals surface area contributed by atoms with Crippen LogP contribution in [0, 0.1) is 0 Å². The largest absolute Gasteiger partial charge is 0.497 e. The molecule has 0 saturated heterocycles. The first kappa shape index (κ1) is 30.0. The van der Waals surface area contributed by atoms with E-state index in [1.54, 1.807) is 36.3 Å². The second-order valence-electron chi connectivity index (χ2n) is 8.72. The van der Waals surface area contributed by atoms with Crippen LogP contribution in [0.4, 0.5) is 5.69 Å². The number of benzene rings is 2. The van der Waals surface area contributed by atoms with E-state index in [1.165, 1.54) is 11.4 Å². The minimum absolute atomic E-state index is 0.0870. The van der Waals surface area contributed by atoms with Crippen molar-refractivity contribution in [3.63, 3.8) is 0 Å². The van der Waals surface area contributed by atoms with Crippen LogP contribution in [-0.2, 0) is 26.2 Å². The predicted octanol–water partition coefficient (Wildman–Crippen LogP) is 3.58. The van der Waals surface area contributed by atoms with Crippen molar-refractivity contribution >= 4 is 27.5 Å². The Balaban J connectivity index is 2.21. The quantitative estimate of drug-likeness (QED) is 0.375. The normalized spacial score (nSPS) is 11.9. The SMILES string of the molecule is CCCNC(=O)C(CC)N(Cc1ccc(OC)cc1)C(=O)CCCN(c1cccc(OC)c1)S(C)(=O)=O. The Morgan fingerprint density at radius 1 is 1.00 bits per heavy atom. The Bertz CT molecular complexity index is 1120. The standard InChI is InChI=1S/C27H39N3O6S/c1-6-17-28-27(32)25(7-2)29(20-21-13-15-23(35-3)16-14-21)26(31)12-9-18-30(37(5,33)34)22-10-8-11-24(19-22)36-4/h8,10-11,13-16,19,25H,6-7,9,12,17-18,20H2,1-5H3,(H,28,32). The highest BCUT2D eigenvalue weighted by atomic mass is 32.2. The molecule has 2 rings (SSSR count). The minimum atomic E-state index is -3.58. The fraction of sp³-hybridized carbons (Fsp3) is 0.481. The van der Waals surface area contributed by atoms with Crippen LogP contribution in [-0.4, -0.2) is 64.7 Å². The van der Waals surface area contributed by atoms with Gasteiger partial charge >= 0.3 is 0 Å². The van der Waals surface area contributed by atoms with Gasteiger partial charge in [0.1, 0.15) is 17.5 Å². The third-order valence-corrected chi connectivity index (χ3v) is 7.13. The van der Waals surface area contributed by atoms with Crippen LogP contribution in [0.1, 0.15) is 45.1 Å². The summed E-state index contributed by atoms with van der Waals surface area (Å²) in [6, 6.07) is 13.5. The summed E-state index contributed by atoms with van der Waals surface area (Å²) in [7, 11) is -0.485. The van der Waals surface area contributed by atoms with Crippen molar-refractivity contribution in [2.24, 2.45) is 0 Å². The number of hydrogen-bond donors (Lipinski definition) is 1. The van der Waals surface area contributed by atoms with Crippen LogP contribution in [0.15, 0.2) is 48.5 Å². The maximum Gasteiger partial charge on any atom is 0.242 e. The Labute approximate surface area is 220 Å². The van der Waals surface area contributed by atoms with Crippen LogP contribution in [0.3, 0.4) is 0 Å². The van der Waals surface area contributed by atoms with E-state index in [-0.39, 0.29) is 37.7 Å². The fourth-order valence-electron chi connectivity index (χ4n) is 3.98. The monoisotopic (exact) mass is 533 g/mol. The molecule has 0 aliphatic rings. The maximum atomic E-state index is 13.5. The van der Waals surface area contributed by atoms with E-state index in [0.717, 1.165) is 18.2 Å². The summed E-state index contributed by atoms with van der Waals surface area (Å²) in [6.07, 6.45) is 2.76. The first-order valence-electron chi connectivity index (χ1n) is 12.5. The van der Waals surface area contributed by atoms with Crippen LogP contribution >= 0.6 is 0 Å². The molecule has 204 valence electrons. The van der Waals surface area contributed by atoms with Gasteiger partial charge in [-0.3, -0.25) is 13.9 Å². The lowest BCUT2D eigenvalue weighted by atomic mass is 10.1. The van der Waals surface area contributed by atoms with Gasteiger partial charge in [0.2, 0.25) is 21.8 Å². The Kier molecular flexibility index (Phi) is 11.7. The van der Waals surface area contributed by atoms with Gasteiger partial charge in [0.25, 0.3) is 0 Å². The number of rotatable bonds is 15. The van der Waals surface area contributed by atoms with Crippen LogP contribution in [0.5, 0.6) is 11.5 Å². The van der Waals surface area contributed by atoms with Crippen molar-refractivity contribution in [3.8, 4) is 11.5 Å². The molecule has 1 N–H and O–H groups in total. The number of sulfonamides is 1.